The molecule has 0 saturated carbocycles. The third kappa shape index (κ3) is 4.73. The van der Waals surface area contributed by atoms with Gasteiger partial charge in [-0.3, -0.25) is 0 Å². The summed E-state index contributed by atoms with van der Waals surface area (Å²) in [7, 11) is 0. The molecule has 0 radical (unpaired) electrons. The van der Waals surface area contributed by atoms with Crippen LogP contribution in [-0.2, 0) is 4.74 Å². The van der Waals surface area contributed by atoms with Crippen molar-refractivity contribution in [3.05, 3.63) is 0 Å². The molecule has 0 amide bonds. The zero-order valence-corrected chi connectivity index (χ0v) is 6.55. The number of nitrogens with two attached hydrogens (primary N) is 1. The van der Waals surface area contributed by atoms with Crippen LogP contribution in [-0.4, -0.2) is 31.5 Å². The summed E-state index contributed by atoms with van der Waals surface area (Å²) in [6.07, 6.45) is 0.862. The highest BCUT2D eigenvalue weighted by atomic mass is 16.5. The Kier molecular flexibility index (Phi) is 6.91. The lowest BCUT2D eigenvalue weighted by molar-refractivity contribution is 0.117. The summed E-state index contributed by atoms with van der Waals surface area (Å²) >= 11 is 0. The van der Waals surface area contributed by atoms with E-state index < -0.39 is 0 Å². The second kappa shape index (κ2) is 6.99. The molecular formula is C7H17NO2. The van der Waals surface area contributed by atoms with Gasteiger partial charge in [-0.15, -0.1) is 0 Å². The number of rotatable bonds is 6. The van der Waals surface area contributed by atoms with Gasteiger partial charge in [0.05, 0.1) is 0 Å². The first-order chi connectivity index (χ1) is 4.85. The van der Waals surface area contributed by atoms with E-state index in [1.165, 1.54) is 0 Å². The van der Waals surface area contributed by atoms with Gasteiger partial charge >= 0.3 is 0 Å². The van der Waals surface area contributed by atoms with Gasteiger partial charge in [0.2, 0.25) is 0 Å². The Morgan fingerprint density at radius 2 is 2.30 bits per heavy atom. The fourth-order valence-corrected chi connectivity index (χ4v) is 0.678. The minimum absolute atomic E-state index is 0.170. The SMILES string of the molecule is CCOCCC(CN)CO. The van der Waals surface area contributed by atoms with Crippen molar-refractivity contribution in [2.75, 3.05) is 26.4 Å². The molecule has 10 heavy (non-hydrogen) atoms. The summed E-state index contributed by atoms with van der Waals surface area (Å²) in [6, 6.07) is 0. The predicted octanol–water partition coefficient (Wildman–Crippen LogP) is -0.0198. The lowest BCUT2D eigenvalue weighted by atomic mass is 10.1. The summed E-state index contributed by atoms with van der Waals surface area (Å²) in [5.41, 5.74) is 5.35. The minimum Gasteiger partial charge on any atom is -0.396 e. The van der Waals surface area contributed by atoms with Gasteiger partial charge in [-0.25, -0.2) is 0 Å². The summed E-state index contributed by atoms with van der Waals surface area (Å²) < 4.78 is 5.10. The Labute approximate surface area is 62.2 Å². The highest BCUT2D eigenvalue weighted by Crippen LogP contribution is 1.98. The van der Waals surface area contributed by atoms with Gasteiger partial charge in [-0.05, 0) is 25.8 Å². The van der Waals surface area contributed by atoms with E-state index in [4.69, 9.17) is 15.6 Å². The van der Waals surface area contributed by atoms with Crippen molar-refractivity contribution in [2.24, 2.45) is 11.7 Å². The molecule has 0 heterocycles. The molecule has 0 aromatic carbocycles. The Bertz CT molecular complexity index is 64.6. The molecule has 0 aromatic rings. The first-order valence-electron chi connectivity index (χ1n) is 3.73. The fourth-order valence-electron chi connectivity index (χ4n) is 0.678. The maximum Gasteiger partial charge on any atom is 0.0472 e. The summed E-state index contributed by atoms with van der Waals surface area (Å²) in [5.74, 6) is 0.214. The molecule has 1 unspecified atom stereocenters. The molecule has 0 aliphatic rings. The van der Waals surface area contributed by atoms with E-state index in [0.29, 0.717) is 13.2 Å². The zero-order chi connectivity index (χ0) is 7.82. The van der Waals surface area contributed by atoms with Gasteiger partial charge in [0.25, 0.3) is 0 Å². The maximum absolute atomic E-state index is 8.69. The second-order valence-corrected chi connectivity index (χ2v) is 2.27. The highest BCUT2D eigenvalue weighted by Gasteiger charge is 2.02. The van der Waals surface area contributed by atoms with Gasteiger partial charge in [0.15, 0.2) is 0 Å². The van der Waals surface area contributed by atoms with Gasteiger partial charge < -0.3 is 15.6 Å². The highest BCUT2D eigenvalue weighted by molar-refractivity contribution is 4.56. The molecule has 3 heteroatoms. The smallest absolute Gasteiger partial charge is 0.0472 e. The molecule has 3 N–H and O–H groups in total. The van der Waals surface area contributed by atoms with E-state index in [-0.39, 0.29) is 12.5 Å². The molecule has 0 fully saturated rings. The average Bonchev–Trinajstić information content (AvgIpc) is 1.99. The monoisotopic (exact) mass is 147 g/mol. The van der Waals surface area contributed by atoms with Gasteiger partial charge in [-0.2, -0.15) is 0 Å². The van der Waals surface area contributed by atoms with E-state index in [0.717, 1.165) is 13.0 Å². The fraction of sp³-hybridized carbons (Fsp3) is 1.00. The standard InChI is InChI=1S/C7H17NO2/c1-2-10-4-3-7(5-8)6-9/h7,9H,2-6,8H2,1H3. The van der Waals surface area contributed by atoms with Crippen LogP contribution in [0.1, 0.15) is 13.3 Å². The van der Waals surface area contributed by atoms with Crippen LogP contribution in [0.4, 0.5) is 0 Å². The Morgan fingerprint density at radius 1 is 1.60 bits per heavy atom. The van der Waals surface area contributed by atoms with Gasteiger partial charge in [0.1, 0.15) is 0 Å². The third-order valence-corrected chi connectivity index (χ3v) is 1.47. The first kappa shape index (κ1) is 9.88. The van der Waals surface area contributed by atoms with Crippen LogP contribution < -0.4 is 5.73 Å². The van der Waals surface area contributed by atoms with E-state index in [9.17, 15) is 0 Å². The van der Waals surface area contributed by atoms with Gasteiger partial charge in [0, 0.05) is 19.8 Å². The van der Waals surface area contributed by atoms with Gasteiger partial charge in [-0.1, -0.05) is 0 Å². The normalized spacial score (nSPS) is 13.5. The Balaban J connectivity index is 3.09. The molecule has 0 aliphatic heterocycles. The molecule has 1 atom stereocenters. The number of aliphatic hydroxyl groups is 1. The number of hydrogen-bond donors (Lipinski definition) is 2. The van der Waals surface area contributed by atoms with Crippen molar-refractivity contribution in [1.82, 2.24) is 0 Å². The van der Waals surface area contributed by atoms with Crippen LogP contribution in [0.25, 0.3) is 0 Å². The van der Waals surface area contributed by atoms with Crippen molar-refractivity contribution in [3.8, 4) is 0 Å². The predicted molar refractivity (Wildman–Crippen MR) is 40.7 cm³/mol. The van der Waals surface area contributed by atoms with Crippen LogP contribution in [0.5, 0.6) is 0 Å². The molecule has 3 nitrogen and oxygen atoms in total. The van der Waals surface area contributed by atoms with Crippen LogP contribution >= 0.6 is 0 Å². The van der Waals surface area contributed by atoms with Crippen molar-refractivity contribution in [3.63, 3.8) is 0 Å². The molecule has 0 aromatic heterocycles. The largest absolute Gasteiger partial charge is 0.396 e. The lowest BCUT2D eigenvalue weighted by Crippen LogP contribution is -2.19. The first-order valence-corrected chi connectivity index (χ1v) is 3.73. The molecule has 0 saturated heterocycles. The summed E-state index contributed by atoms with van der Waals surface area (Å²) in [4.78, 5) is 0. The number of ether oxygens (including phenoxy) is 1. The molecule has 0 bridgehead atoms. The van der Waals surface area contributed by atoms with Crippen LogP contribution in [0.3, 0.4) is 0 Å². The van der Waals surface area contributed by atoms with E-state index in [2.05, 4.69) is 0 Å². The van der Waals surface area contributed by atoms with Crippen molar-refractivity contribution in [1.29, 1.82) is 0 Å². The number of aliphatic hydroxyl groups excluding tert-OH is 1. The molecular weight excluding hydrogens is 130 g/mol. The Morgan fingerprint density at radius 3 is 2.70 bits per heavy atom. The summed E-state index contributed by atoms with van der Waals surface area (Å²) in [5, 5.41) is 8.69. The van der Waals surface area contributed by atoms with E-state index in [1.54, 1.807) is 0 Å². The third-order valence-electron chi connectivity index (χ3n) is 1.47. The number of hydrogen-bond acceptors (Lipinski definition) is 3. The van der Waals surface area contributed by atoms with Crippen molar-refractivity contribution < 1.29 is 9.84 Å². The second-order valence-electron chi connectivity index (χ2n) is 2.27. The van der Waals surface area contributed by atoms with E-state index in [1.807, 2.05) is 6.92 Å². The zero-order valence-electron chi connectivity index (χ0n) is 6.55. The molecule has 0 spiro atoms. The van der Waals surface area contributed by atoms with Crippen LogP contribution in [0.2, 0.25) is 0 Å². The molecule has 0 rings (SSSR count). The average molecular weight is 147 g/mol. The van der Waals surface area contributed by atoms with Crippen LogP contribution in [0.15, 0.2) is 0 Å². The quantitative estimate of drug-likeness (QED) is 0.519. The summed E-state index contributed by atoms with van der Waals surface area (Å²) in [6.45, 7) is 4.12. The minimum atomic E-state index is 0.170. The lowest BCUT2D eigenvalue weighted by Gasteiger charge is -2.09. The van der Waals surface area contributed by atoms with Crippen molar-refractivity contribution in [2.45, 2.75) is 13.3 Å². The van der Waals surface area contributed by atoms with E-state index >= 15 is 0 Å². The molecule has 62 valence electrons. The molecule has 0 aliphatic carbocycles. The van der Waals surface area contributed by atoms with Crippen molar-refractivity contribution >= 4 is 0 Å². The Hall–Kier alpha value is -0.120. The van der Waals surface area contributed by atoms with Crippen LogP contribution in [0, 0.1) is 5.92 Å². The topological polar surface area (TPSA) is 55.5 Å². The maximum atomic E-state index is 8.69.